The van der Waals surface area contributed by atoms with Crippen molar-refractivity contribution in [2.75, 3.05) is 0 Å². The molecule has 1 aromatic carbocycles. The van der Waals surface area contributed by atoms with Gasteiger partial charge >= 0.3 is 5.97 Å². The number of carbonyl (C=O) groups is 1. The van der Waals surface area contributed by atoms with Gasteiger partial charge in [-0.3, -0.25) is 0 Å². The summed E-state index contributed by atoms with van der Waals surface area (Å²) in [6.07, 6.45) is -0.417. The minimum absolute atomic E-state index is 0.235. The molecule has 0 saturated heterocycles. The SMILES string of the molecule is CC(C)OC(=O)c1c(F)cc(Br)cc1F. The van der Waals surface area contributed by atoms with Crippen LogP contribution in [0.25, 0.3) is 0 Å². The maximum Gasteiger partial charge on any atom is 0.344 e. The average Bonchev–Trinajstić information content (AvgIpc) is 1.99. The topological polar surface area (TPSA) is 26.3 Å². The lowest BCUT2D eigenvalue weighted by molar-refractivity contribution is 0.0367. The highest BCUT2D eigenvalue weighted by Crippen LogP contribution is 2.20. The van der Waals surface area contributed by atoms with Crippen LogP contribution in [0.3, 0.4) is 0 Å². The van der Waals surface area contributed by atoms with Crippen LogP contribution >= 0.6 is 15.9 Å². The van der Waals surface area contributed by atoms with Gasteiger partial charge in [-0.25, -0.2) is 13.6 Å². The normalized spacial score (nSPS) is 10.5. The molecule has 0 amide bonds. The molecule has 0 fully saturated rings. The van der Waals surface area contributed by atoms with Crippen LogP contribution in [0.1, 0.15) is 24.2 Å². The van der Waals surface area contributed by atoms with E-state index >= 15 is 0 Å². The minimum atomic E-state index is -0.993. The number of hydrogen-bond donors (Lipinski definition) is 0. The summed E-state index contributed by atoms with van der Waals surface area (Å²) < 4.78 is 31.4. The Morgan fingerprint density at radius 2 is 1.80 bits per heavy atom. The van der Waals surface area contributed by atoms with Gasteiger partial charge in [0.1, 0.15) is 17.2 Å². The van der Waals surface area contributed by atoms with Gasteiger partial charge in [0.15, 0.2) is 0 Å². The van der Waals surface area contributed by atoms with Crippen molar-refractivity contribution < 1.29 is 18.3 Å². The van der Waals surface area contributed by atoms with Crippen molar-refractivity contribution in [3.8, 4) is 0 Å². The first-order valence-electron chi connectivity index (χ1n) is 4.27. The van der Waals surface area contributed by atoms with Crippen molar-refractivity contribution in [2.24, 2.45) is 0 Å². The summed E-state index contributed by atoms with van der Waals surface area (Å²) in [4.78, 5) is 11.3. The first-order chi connectivity index (χ1) is 6.91. The zero-order valence-electron chi connectivity index (χ0n) is 8.18. The molecule has 0 bridgehead atoms. The summed E-state index contributed by atoms with van der Waals surface area (Å²) in [6, 6.07) is 2.03. The molecule has 0 unspecified atom stereocenters. The van der Waals surface area contributed by atoms with Crippen molar-refractivity contribution in [1.82, 2.24) is 0 Å². The molecule has 82 valence electrons. The lowest BCUT2D eigenvalue weighted by Crippen LogP contribution is -2.15. The Kier molecular flexibility index (Phi) is 3.79. The highest BCUT2D eigenvalue weighted by molar-refractivity contribution is 9.10. The maximum atomic E-state index is 13.2. The second-order valence-corrected chi connectivity index (χ2v) is 4.11. The quantitative estimate of drug-likeness (QED) is 0.776. The van der Waals surface area contributed by atoms with Crippen molar-refractivity contribution in [1.29, 1.82) is 0 Å². The Hall–Kier alpha value is -0.970. The van der Waals surface area contributed by atoms with E-state index in [9.17, 15) is 13.6 Å². The second kappa shape index (κ2) is 4.70. The standard InChI is InChI=1S/C10H9BrF2O2/c1-5(2)15-10(14)9-7(12)3-6(11)4-8(9)13/h3-5H,1-2H3. The van der Waals surface area contributed by atoms with Gasteiger partial charge in [-0.1, -0.05) is 15.9 Å². The molecular weight excluding hydrogens is 270 g/mol. The third kappa shape index (κ3) is 2.99. The Morgan fingerprint density at radius 3 is 2.20 bits per heavy atom. The average molecular weight is 279 g/mol. The van der Waals surface area contributed by atoms with E-state index in [0.717, 1.165) is 12.1 Å². The number of halogens is 3. The van der Waals surface area contributed by atoms with E-state index in [2.05, 4.69) is 15.9 Å². The molecule has 0 aliphatic rings. The highest BCUT2D eigenvalue weighted by Gasteiger charge is 2.20. The van der Waals surface area contributed by atoms with Gasteiger partial charge in [0, 0.05) is 4.47 Å². The van der Waals surface area contributed by atoms with Gasteiger partial charge in [0.2, 0.25) is 0 Å². The van der Waals surface area contributed by atoms with Crippen LogP contribution in [0.2, 0.25) is 0 Å². The molecule has 0 radical (unpaired) electrons. The van der Waals surface area contributed by atoms with Gasteiger partial charge in [-0.15, -0.1) is 0 Å². The largest absolute Gasteiger partial charge is 0.459 e. The molecule has 0 saturated carbocycles. The smallest absolute Gasteiger partial charge is 0.344 e. The Labute approximate surface area is 94.4 Å². The molecule has 0 N–H and O–H groups in total. The Bertz CT molecular complexity index is 368. The molecular formula is C10H9BrF2O2. The van der Waals surface area contributed by atoms with Crippen LogP contribution in [0.4, 0.5) is 8.78 Å². The molecule has 0 atom stereocenters. The number of ether oxygens (including phenoxy) is 1. The fourth-order valence-corrected chi connectivity index (χ4v) is 1.41. The van der Waals surface area contributed by atoms with E-state index in [1.807, 2.05) is 0 Å². The minimum Gasteiger partial charge on any atom is -0.459 e. The van der Waals surface area contributed by atoms with Crippen LogP contribution in [0, 0.1) is 11.6 Å². The highest BCUT2D eigenvalue weighted by atomic mass is 79.9. The molecule has 1 aromatic rings. The van der Waals surface area contributed by atoms with Crippen LogP contribution < -0.4 is 0 Å². The van der Waals surface area contributed by atoms with Gasteiger partial charge in [0.05, 0.1) is 6.10 Å². The van der Waals surface area contributed by atoms with Crippen molar-refractivity contribution in [2.45, 2.75) is 20.0 Å². The number of benzene rings is 1. The van der Waals surface area contributed by atoms with E-state index in [-0.39, 0.29) is 4.47 Å². The molecule has 0 aliphatic carbocycles. The van der Waals surface area contributed by atoms with E-state index in [4.69, 9.17) is 4.74 Å². The molecule has 0 aliphatic heterocycles. The van der Waals surface area contributed by atoms with Gasteiger partial charge in [0.25, 0.3) is 0 Å². The van der Waals surface area contributed by atoms with Crippen molar-refractivity contribution in [3.63, 3.8) is 0 Å². The van der Waals surface area contributed by atoms with Crippen molar-refractivity contribution in [3.05, 3.63) is 33.8 Å². The second-order valence-electron chi connectivity index (χ2n) is 3.20. The van der Waals surface area contributed by atoms with E-state index in [1.165, 1.54) is 0 Å². The van der Waals surface area contributed by atoms with Crippen molar-refractivity contribution >= 4 is 21.9 Å². The summed E-state index contributed by atoms with van der Waals surface area (Å²) in [5.41, 5.74) is -0.660. The number of esters is 1. The third-order valence-corrected chi connectivity index (χ3v) is 2.01. The molecule has 0 aromatic heterocycles. The Balaban J connectivity index is 3.09. The van der Waals surface area contributed by atoms with Crippen LogP contribution in [-0.2, 0) is 4.74 Å². The lowest BCUT2D eigenvalue weighted by Gasteiger charge is -2.09. The summed E-state index contributed by atoms with van der Waals surface area (Å²) in [5, 5.41) is 0. The van der Waals surface area contributed by atoms with Gasteiger partial charge < -0.3 is 4.74 Å². The van der Waals surface area contributed by atoms with E-state index < -0.39 is 29.3 Å². The van der Waals surface area contributed by atoms with E-state index in [1.54, 1.807) is 13.8 Å². The fraction of sp³-hybridized carbons (Fsp3) is 0.300. The lowest BCUT2D eigenvalue weighted by atomic mass is 10.2. The first-order valence-corrected chi connectivity index (χ1v) is 5.06. The predicted octanol–water partition coefficient (Wildman–Crippen LogP) is 3.29. The Morgan fingerprint density at radius 1 is 1.33 bits per heavy atom. The molecule has 5 heteroatoms. The van der Waals surface area contributed by atoms with Crippen LogP contribution in [0.15, 0.2) is 16.6 Å². The summed E-state index contributed by atoms with van der Waals surface area (Å²) >= 11 is 2.91. The molecule has 15 heavy (non-hydrogen) atoms. The zero-order valence-corrected chi connectivity index (χ0v) is 9.77. The number of rotatable bonds is 2. The van der Waals surface area contributed by atoms with Gasteiger partial charge in [-0.2, -0.15) is 0 Å². The molecule has 0 heterocycles. The summed E-state index contributed by atoms with van der Waals surface area (Å²) in [7, 11) is 0. The van der Waals surface area contributed by atoms with Gasteiger partial charge in [-0.05, 0) is 26.0 Å². The van der Waals surface area contributed by atoms with Crippen LogP contribution in [0.5, 0.6) is 0 Å². The van der Waals surface area contributed by atoms with E-state index in [0.29, 0.717) is 0 Å². The first kappa shape index (κ1) is 12.1. The number of carbonyl (C=O) groups excluding carboxylic acids is 1. The molecule has 2 nitrogen and oxygen atoms in total. The zero-order chi connectivity index (χ0) is 11.6. The molecule has 0 spiro atoms. The number of hydrogen-bond acceptors (Lipinski definition) is 2. The molecule has 1 rings (SSSR count). The monoisotopic (exact) mass is 278 g/mol. The van der Waals surface area contributed by atoms with Crippen LogP contribution in [-0.4, -0.2) is 12.1 Å². The summed E-state index contributed by atoms with van der Waals surface area (Å²) in [5.74, 6) is -2.87. The summed E-state index contributed by atoms with van der Waals surface area (Å²) in [6.45, 7) is 3.21. The predicted molar refractivity (Wildman–Crippen MR) is 54.6 cm³/mol. The third-order valence-electron chi connectivity index (χ3n) is 1.55. The fourth-order valence-electron chi connectivity index (χ4n) is 1.01. The maximum absolute atomic E-state index is 13.2.